The molecule has 2 saturated heterocycles. The molecule has 0 radical (unpaired) electrons. The number of nitrogens with zero attached hydrogens (tertiary/aromatic N) is 2. The Kier molecular flexibility index (Phi) is 6.06. The smallest absolute Gasteiger partial charge is 0.0717 e. The van der Waals surface area contributed by atoms with E-state index in [0.29, 0.717) is 24.7 Å². The number of fused-ring (bicyclic) bond motifs is 1. The second-order valence-electron chi connectivity index (χ2n) is 6.72. The van der Waals surface area contributed by atoms with E-state index in [4.69, 9.17) is 9.47 Å². The van der Waals surface area contributed by atoms with Crippen molar-refractivity contribution in [1.82, 2.24) is 9.80 Å². The molecule has 2 aliphatic heterocycles. The van der Waals surface area contributed by atoms with Gasteiger partial charge in [-0.3, -0.25) is 4.90 Å². The highest BCUT2D eigenvalue weighted by Crippen LogP contribution is 2.32. The second kappa shape index (κ2) is 8.25. The number of rotatable bonds is 7. The molecule has 0 aliphatic carbocycles. The van der Waals surface area contributed by atoms with Crippen molar-refractivity contribution in [2.45, 2.75) is 32.1 Å². The molecule has 0 bridgehead atoms. The second-order valence-corrected chi connectivity index (χ2v) is 6.72. The average Bonchev–Trinajstić information content (AvgIpc) is 3.04. The van der Waals surface area contributed by atoms with Crippen LogP contribution in [0.3, 0.4) is 0 Å². The molecule has 0 unspecified atom stereocenters. The van der Waals surface area contributed by atoms with Gasteiger partial charge in [-0.1, -0.05) is 37.3 Å². The minimum atomic E-state index is 0.429. The van der Waals surface area contributed by atoms with Gasteiger partial charge in [0.15, 0.2) is 0 Å². The van der Waals surface area contributed by atoms with Gasteiger partial charge in [-0.25, -0.2) is 0 Å². The van der Waals surface area contributed by atoms with Gasteiger partial charge in [0.05, 0.1) is 19.3 Å². The van der Waals surface area contributed by atoms with Gasteiger partial charge in [-0.2, -0.15) is 0 Å². The van der Waals surface area contributed by atoms with Crippen LogP contribution in [0.15, 0.2) is 30.3 Å². The Morgan fingerprint density at radius 1 is 1.17 bits per heavy atom. The topological polar surface area (TPSA) is 24.9 Å². The quantitative estimate of drug-likeness (QED) is 0.720. The van der Waals surface area contributed by atoms with Gasteiger partial charge in [0.2, 0.25) is 0 Å². The number of ether oxygens (including phenoxy) is 2. The summed E-state index contributed by atoms with van der Waals surface area (Å²) in [6.07, 6.45) is 1.58. The van der Waals surface area contributed by atoms with Crippen molar-refractivity contribution in [2.75, 3.05) is 46.4 Å². The molecule has 3 atom stereocenters. The third-order valence-corrected chi connectivity index (χ3v) is 5.44. The summed E-state index contributed by atoms with van der Waals surface area (Å²) in [5.41, 5.74) is 1.25. The lowest BCUT2D eigenvalue weighted by molar-refractivity contribution is -0.0306. The molecule has 2 fully saturated rings. The maximum Gasteiger partial charge on any atom is 0.0717 e. The summed E-state index contributed by atoms with van der Waals surface area (Å²) in [7, 11) is 1.87. The lowest BCUT2D eigenvalue weighted by atomic mass is 9.89. The molecule has 4 nitrogen and oxygen atoms in total. The zero-order valence-electron chi connectivity index (χ0n) is 14.5. The Morgan fingerprint density at radius 2 is 2.00 bits per heavy atom. The van der Waals surface area contributed by atoms with Crippen LogP contribution in [0.5, 0.6) is 0 Å². The number of likely N-dealkylation sites (tertiary alicyclic amines) is 2. The van der Waals surface area contributed by atoms with Crippen molar-refractivity contribution in [3.05, 3.63) is 35.9 Å². The zero-order chi connectivity index (χ0) is 16.1. The fraction of sp³-hybridized carbons (Fsp3) is 0.684. The zero-order valence-corrected chi connectivity index (χ0v) is 14.5. The van der Waals surface area contributed by atoms with Crippen LogP contribution in [0.2, 0.25) is 0 Å². The summed E-state index contributed by atoms with van der Waals surface area (Å²) in [6, 6.07) is 11.1. The molecule has 0 aromatic heterocycles. The molecule has 2 aliphatic rings. The number of hydrogen-bond acceptors (Lipinski definition) is 4. The van der Waals surface area contributed by atoms with Crippen LogP contribution in [-0.2, 0) is 16.1 Å². The molecular weight excluding hydrogens is 288 g/mol. The molecule has 23 heavy (non-hydrogen) atoms. The molecule has 2 heterocycles. The Hall–Kier alpha value is -0.940. The van der Waals surface area contributed by atoms with Gasteiger partial charge in [-0.05, 0) is 18.5 Å². The number of hydrogen-bond donors (Lipinski definition) is 0. The molecule has 4 heteroatoms. The van der Waals surface area contributed by atoms with Crippen LogP contribution in [0.4, 0.5) is 0 Å². The van der Waals surface area contributed by atoms with Gasteiger partial charge < -0.3 is 14.4 Å². The molecule has 1 aromatic rings. The van der Waals surface area contributed by atoms with Gasteiger partial charge >= 0.3 is 0 Å². The van der Waals surface area contributed by atoms with Crippen LogP contribution >= 0.6 is 0 Å². The molecule has 0 saturated carbocycles. The lowest BCUT2D eigenvalue weighted by Crippen LogP contribution is -2.52. The summed E-state index contributed by atoms with van der Waals surface area (Å²) in [4.78, 5) is 5.19. The van der Waals surface area contributed by atoms with E-state index >= 15 is 0 Å². The van der Waals surface area contributed by atoms with E-state index in [0.717, 1.165) is 32.7 Å². The van der Waals surface area contributed by atoms with Crippen LogP contribution in [-0.4, -0.2) is 68.4 Å². The molecular formula is C19H30N2O2. The number of methoxy groups -OCH3 is 1. The summed E-state index contributed by atoms with van der Waals surface area (Å²) >= 11 is 0. The van der Waals surface area contributed by atoms with E-state index in [1.54, 1.807) is 0 Å². The maximum atomic E-state index is 5.89. The van der Waals surface area contributed by atoms with E-state index in [-0.39, 0.29) is 0 Å². The number of likely N-dealkylation sites (N-methyl/N-ethyl adjacent to an activating group) is 1. The normalized spacial score (nSPS) is 28.9. The standard InChI is InChI=1S/C19H30N2O2/c1-3-20-13-17-18(14-20)21(10-9-19(17)22-2)11-12-23-15-16-7-5-4-6-8-16/h4-8,17-19H,3,9-15H2,1-2H3/t17-,18+,19+/m0/s1. The van der Waals surface area contributed by atoms with Crippen molar-refractivity contribution in [2.24, 2.45) is 5.92 Å². The van der Waals surface area contributed by atoms with Crippen molar-refractivity contribution in [1.29, 1.82) is 0 Å². The summed E-state index contributed by atoms with van der Waals surface area (Å²) in [6.45, 7) is 9.44. The van der Waals surface area contributed by atoms with Crippen molar-refractivity contribution >= 4 is 0 Å². The van der Waals surface area contributed by atoms with Crippen molar-refractivity contribution in [3.63, 3.8) is 0 Å². The van der Waals surface area contributed by atoms with E-state index in [2.05, 4.69) is 41.0 Å². The first-order valence-electron chi connectivity index (χ1n) is 8.92. The molecule has 1 aromatic carbocycles. The maximum absolute atomic E-state index is 5.89. The SMILES string of the molecule is CCN1C[C@H]2[C@@H](C1)N(CCOCc1ccccc1)CC[C@H]2OC. The van der Waals surface area contributed by atoms with Crippen LogP contribution in [0.1, 0.15) is 18.9 Å². The largest absolute Gasteiger partial charge is 0.381 e. The highest BCUT2D eigenvalue weighted by Gasteiger charge is 2.43. The molecule has 3 rings (SSSR count). The highest BCUT2D eigenvalue weighted by atomic mass is 16.5. The van der Waals surface area contributed by atoms with E-state index in [9.17, 15) is 0 Å². The van der Waals surface area contributed by atoms with Gasteiger partial charge in [0.25, 0.3) is 0 Å². The van der Waals surface area contributed by atoms with Gasteiger partial charge in [-0.15, -0.1) is 0 Å². The minimum Gasteiger partial charge on any atom is -0.381 e. The fourth-order valence-corrected chi connectivity index (χ4v) is 4.09. The Morgan fingerprint density at radius 3 is 2.74 bits per heavy atom. The molecule has 0 spiro atoms. The predicted octanol–water partition coefficient (Wildman–Crippen LogP) is 2.24. The fourth-order valence-electron chi connectivity index (χ4n) is 4.09. The Bertz CT molecular complexity index is 468. The van der Waals surface area contributed by atoms with Crippen molar-refractivity contribution in [3.8, 4) is 0 Å². The van der Waals surface area contributed by atoms with Crippen LogP contribution in [0, 0.1) is 5.92 Å². The number of piperidine rings is 1. The third kappa shape index (κ3) is 4.13. The van der Waals surface area contributed by atoms with E-state index in [1.807, 2.05) is 13.2 Å². The molecule has 128 valence electrons. The van der Waals surface area contributed by atoms with E-state index in [1.165, 1.54) is 18.7 Å². The average molecular weight is 318 g/mol. The number of benzene rings is 1. The summed E-state index contributed by atoms with van der Waals surface area (Å²) in [5, 5.41) is 0. The summed E-state index contributed by atoms with van der Waals surface area (Å²) in [5.74, 6) is 0.655. The Balaban J connectivity index is 1.48. The molecule has 0 N–H and O–H groups in total. The first-order valence-corrected chi connectivity index (χ1v) is 8.92. The first kappa shape index (κ1) is 16.9. The van der Waals surface area contributed by atoms with Crippen molar-refractivity contribution < 1.29 is 9.47 Å². The Labute approximate surface area is 140 Å². The third-order valence-electron chi connectivity index (χ3n) is 5.44. The monoisotopic (exact) mass is 318 g/mol. The lowest BCUT2D eigenvalue weighted by Gasteiger charge is -2.41. The van der Waals surface area contributed by atoms with Gasteiger partial charge in [0, 0.05) is 45.2 Å². The molecule has 0 amide bonds. The van der Waals surface area contributed by atoms with Crippen LogP contribution < -0.4 is 0 Å². The predicted molar refractivity (Wildman–Crippen MR) is 92.5 cm³/mol. The minimum absolute atomic E-state index is 0.429. The van der Waals surface area contributed by atoms with Crippen LogP contribution in [0.25, 0.3) is 0 Å². The first-order chi connectivity index (χ1) is 11.3. The highest BCUT2D eigenvalue weighted by molar-refractivity contribution is 5.13. The van der Waals surface area contributed by atoms with E-state index < -0.39 is 0 Å². The van der Waals surface area contributed by atoms with Gasteiger partial charge in [0.1, 0.15) is 0 Å². The summed E-state index contributed by atoms with van der Waals surface area (Å²) < 4.78 is 11.6.